The molecule has 0 aromatic heterocycles. The van der Waals surface area contributed by atoms with Gasteiger partial charge in [0.15, 0.2) is 5.79 Å². The van der Waals surface area contributed by atoms with Crippen LogP contribution in [0.3, 0.4) is 0 Å². The first-order valence-corrected chi connectivity index (χ1v) is 14.0. The van der Waals surface area contributed by atoms with E-state index in [4.69, 9.17) is 9.47 Å². The summed E-state index contributed by atoms with van der Waals surface area (Å²) in [4.78, 5) is 47.2. The summed E-state index contributed by atoms with van der Waals surface area (Å²) in [5.74, 6) is -4.55. The van der Waals surface area contributed by atoms with E-state index in [9.17, 15) is 34.5 Å². The Morgan fingerprint density at radius 1 is 1.11 bits per heavy atom. The summed E-state index contributed by atoms with van der Waals surface area (Å²) in [5.41, 5.74) is 2.37. The molecule has 0 radical (unpaired) electrons. The quantitative estimate of drug-likeness (QED) is 0.0607. The minimum Gasteiger partial charge on any atom is -0.872 e. The van der Waals surface area contributed by atoms with Crippen molar-refractivity contribution in [3.63, 3.8) is 0 Å². The number of rotatable bonds is 15. The van der Waals surface area contributed by atoms with E-state index >= 15 is 0 Å². The Balaban J connectivity index is 0.00000675. The van der Waals surface area contributed by atoms with E-state index in [-0.39, 0.29) is 61.4 Å². The molecule has 1 aliphatic heterocycles. The van der Waals surface area contributed by atoms with E-state index in [2.05, 4.69) is 22.5 Å². The molecule has 2 aromatic carbocycles. The molecule has 0 bridgehead atoms. The van der Waals surface area contributed by atoms with E-state index in [1.807, 2.05) is 42.5 Å². The molecule has 5 atom stereocenters. The van der Waals surface area contributed by atoms with E-state index < -0.39 is 60.7 Å². The first-order chi connectivity index (χ1) is 20.6. The summed E-state index contributed by atoms with van der Waals surface area (Å²) in [6.45, 7) is 4.17. The van der Waals surface area contributed by atoms with Gasteiger partial charge in [0.25, 0.3) is 5.91 Å². The third-order valence-electron chi connectivity index (χ3n) is 6.98. The summed E-state index contributed by atoms with van der Waals surface area (Å²) >= 11 is 0. The van der Waals surface area contributed by atoms with Gasteiger partial charge in [0.2, 0.25) is 11.8 Å². The van der Waals surface area contributed by atoms with Crippen LogP contribution in [-0.2, 0) is 23.9 Å². The second kappa shape index (κ2) is 18.0. The van der Waals surface area contributed by atoms with Crippen LogP contribution in [0, 0.1) is 0 Å². The van der Waals surface area contributed by atoms with Crippen molar-refractivity contribution >= 4 is 24.0 Å². The van der Waals surface area contributed by atoms with Gasteiger partial charge in [0.05, 0.1) is 18.2 Å². The zero-order chi connectivity index (χ0) is 31.4. The van der Waals surface area contributed by atoms with Crippen LogP contribution < -0.4 is 50.6 Å². The molecule has 1 aliphatic rings. The van der Waals surface area contributed by atoms with E-state index in [1.54, 1.807) is 12.1 Å². The summed E-state index contributed by atoms with van der Waals surface area (Å²) < 4.78 is 11.4. The third kappa shape index (κ3) is 10.5. The van der Waals surface area contributed by atoms with Gasteiger partial charge < -0.3 is 45.5 Å². The molecule has 3 amide bonds. The molecule has 2 aromatic rings. The number of hydrogen-bond donors (Lipinski definition) is 5. The van der Waals surface area contributed by atoms with Gasteiger partial charge in [-0.05, 0) is 36.1 Å². The smallest absolute Gasteiger partial charge is 0.872 e. The topological polar surface area (TPSA) is 186 Å². The Bertz CT molecular complexity index is 1260. The van der Waals surface area contributed by atoms with Crippen LogP contribution >= 0.6 is 0 Å². The van der Waals surface area contributed by atoms with Crippen molar-refractivity contribution in [3.05, 3.63) is 72.5 Å². The number of hydrogen-bond acceptors (Lipinski definition) is 9. The summed E-state index contributed by atoms with van der Waals surface area (Å²) in [5, 5.41) is 42.3. The van der Waals surface area contributed by atoms with Crippen molar-refractivity contribution in [2.24, 2.45) is 0 Å². The maximum Gasteiger partial charge on any atom is 1.00 e. The number of unbranched alkanes of at least 4 members (excludes halogenated alkanes) is 1. The number of aliphatic hydroxyl groups is 2. The number of carbonyl (C=O) groups is 4. The number of ether oxygens (including phenoxy) is 2. The first kappa shape index (κ1) is 37.1. The molecule has 12 nitrogen and oxygen atoms in total. The number of carbonyl (C=O) groups excluding carboxylic acids is 4. The molecule has 0 spiro atoms. The number of benzene rings is 2. The van der Waals surface area contributed by atoms with Crippen molar-refractivity contribution in [3.8, 4) is 11.1 Å². The second-order valence-electron chi connectivity index (χ2n) is 10.3. The maximum atomic E-state index is 12.7. The molecule has 44 heavy (non-hydrogen) atoms. The predicted molar refractivity (Wildman–Crippen MR) is 154 cm³/mol. The van der Waals surface area contributed by atoms with Gasteiger partial charge in [-0.15, -0.1) is 6.58 Å². The van der Waals surface area contributed by atoms with E-state index in [0.717, 1.165) is 17.4 Å². The molecular weight excluding hydrogens is 581 g/mol. The van der Waals surface area contributed by atoms with Gasteiger partial charge in [-0.1, -0.05) is 48.2 Å². The van der Waals surface area contributed by atoms with Crippen LogP contribution in [-0.4, -0.2) is 84.1 Å². The second-order valence-corrected chi connectivity index (χ2v) is 10.3. The fourth-order valence-electron chi connectivity index (χ4n) is 4.74. The van der Waals surface area contributed by atoms with Gasteiger partial charge in [0, 0.05) is 38.4 Å². The average Bonchev–Trinajstić information content (AvgIpc) is 2.99. The van der Waals surface area contributed by atoms with Gasteiger partial charge in [-0.2, -0.15) is 0 Å². The van der Waals surface area contributed by atoms with Crippen molar-refractivity contribution in [1.29, 1.82) is 0 Å². The normalized spacial score (nSPS) is 21.7. The van der Waals surface area contributed by atoms with Gasteiger partial charge >= 0.3 is 29.6 Å². The van der Waals surface area contributed by atoms with Gasteiger partial charge in [0.1, 0.15) is 19.0 Å². The van der Waals surface area contributed by atoms with Crippen molar-refractivity contribution in [2.75, 3.05) is 19.7 Å². The molecule has 232 valence electrons. The predicted octanol–water partition coefficient (Wildman–Crippen LogP) is -2.82. The Morgan fingerprint density at radius 2 is 1.77 bits per heavy atom. The van der Waals surface area contributed by atoms with Crippen molar-refractivity contribution < 1.29 is 73.5 Å². The summed E-state index contributed by atoms with van der Waals surface area (Å²) in [6, 6.07) is 15.6. The SMILES string of the molecule is C=C([O-])[C@@]1(OCC(=O)NCCCC=O)CC(O)[C@@H](NC(C)=O)C(C(O)CCNC(=O)c2ccc(-c3ccccc3)cc2)O1.[Na+]. The maximum absolute atomic E-state index is 12.7. The summed E-state index contributed by atoms with van der Waals surface area (Å²) in [6.07, 6.45) is -3.26. The molecule has 3 rings (SSSR count). The molecular formula is C31H38N3NaO9. The molecule has 0 saturated carbocycles. The van der Waals surface area contributed by atoms with Crippen LogP contribution in [0.4, 0.5) is 0 Å². The Kier molecular flexibility index (Phi) is 15.2. The van der Waals surface area contributed by atoms with E-state index in [0.29, 0.717) is 12.0 Å². The molecule has 3 unspecified atom stereocenters. The average molecular weight is 620 g/mol. The number of nitrogens with one attached hydrogen (secondary N) is 3. The van der Waals surface area contributed by atoms with Crippen LogP contribution in [0.1, 0.15) is 43.0 Å². The fourth-order valence-corrected chi connectivity index (χ4v) is 4.74. The van der Waals surface area contributed by atoms with Crippen molar-refractivity contribution in [1.82, 2.24) is 16.0 Å². The monoisotopic (exact) mass is 619 g/mol. The van der Waals surface area contributed by atoms with E-state index in [1.165, 1.54) is 6.92 Å². The largest absolute Gasteiger partial charge is 1.00 e. The number of aldehydes is 1. The minimum atomic E-state index is -2.18. The van der Waals surface area contributed by atoms with Crippen LogP contribution in [0.2, 0.25) is 0 Å². The zero-order valence-corrected chi connectivity index (χ0v) is 27.0. The van der Waals surface area contributed by atoms with Gasteiger partial charge in [-0.25, -0.2) is 0 Å². The Labute approximate surface area is 278 Å². The number of amides is 3. The minimum absolute atomic E-state index is 0. The fraction of sp³-hybridized carbons (Fsp3) is 0.419. The molecule has 1 saturated heterocycles. The van der Waals surface area contributed by atoms with Crippen LogP contribution in [0.25, 0.3) is 11.1 Å². The molecule has 1 heterocycles. The Hall–Kier alpha value is -3.10. The molecule has 0 aliphatic carbocycles. The third-order valence-corrected chi connectivity index (χ3v) is 6.98. The zero-order valence-electron chi connectivity index (χ0n) is 25.0. The van der Waals surface area contributed by atoms with Gasteiger partial charge in [-0.3, -0.25) is 14.4 Å². The molecule has 1 fully saturated rings. The molecule has 5 N–H and O–H groups in total. The summed E-state index contributed by atoms with van der Waals surface area (Å²) in [7, 11) is 0. The standard InChI is InChI=1S/C31H39N3O9.Na/c1-20(36)31(42-19-27(40)32-15-6-7-17-35)18-26(39)28(34-21(2)37)29(43-31)25(38)14-16-33-30(41)24-12-10-23(11-13-24)22-8-4-3-5-9-22;/h3-5,8-13,17,25-26,28-29,36,38-39H,1,6-7,14-16,18-19H2,2H3,(H,32,40)(H,33,41)(H,34,37);/q;+1/p-1/t25?,26?,28-,29?,31-;/m1./s1. The number of aliphatic hydroxyl groups excluding tert-OH is 2. The van der Waals surface area contributed by atoms with Crippen molar-refractivity contribution in [2.45, 2.75) is 62.7 Å². The van der Waals surface area contributed by atoms with Crippen LogP contribution in [0.5, 0.6) is 0 Å². The Morgan fingerprint density at radius 3 is 2.39 bits per heavy atom. The molecule has 13 heteroatoms. The first-order valence-electron chi connectivity index (χ1n) is 14.0. The van der Waals surface area contributed by atoms with Crippen LogP contribution in [0.15, 0.2) is 66.9 Å².